The van der Waals surface area contributed by atoms with Gasteiger partial charge in [-0.05, 0) is 67.2 Å². The van der Waals surface area contributed by atoms with E-state index in [2.05, 4.69) is 21.1 Å². The number of halogens is 2. The maximum absolute atomic E-state index is 12.8. The maximum atomic E-state index is 12.8. The van der Waals surface area contributed by atoms with E-state index in [0.29, 0.717) is 31.4 Å². The summed E-state index contributed by atoms with van der Waals surface area (Å²) in [6.45, 7) is 4.06. The third-order valence-electron chi connectivity index (χ3n) is 4.98. The highest BCUT2D eigenvalue weighted by molar-refractivity contribution is 9.10. The van der Waals surface area contributed by atoms with Gasteiger partial charge in [-0.15, -0.1) is 0 Å². The zero-order chi connectivity index (χ0) is 22.1. The van der Waals surface area contributed by atoms with Crippen molar-refractivity contribution in [3.8, 4) is 0 Å². The average molecular weight is 517 g/mol. The predicted molar refractivity (Wildman–Crippen MR) is 124 cm³/mol. The van der Waals surface area contributed by atoms with Gasteiger partial charge in [0.2, 0.25) is 0 Å². The first kappa shape index (κ1) is 25.1. The van der Waals surface area contributed by atoms with E-state index >= 15 is 0 Å². The summed E-state index contributed by atoms with van der Waals surface area (Å²) in [7, 11) is 0. The summed E-state index contributed by atoms with van der Waals surface area (Å²) in [5.41, 5.74) is 1.82. The van der Waals surface area contributed by atoms with E-state index in [4.69, 9.17) is 16.4 Å². The molecule has 5 nitrogen and oxygen atoms in total. The van der Waals surface area contributed by atoms with Crippen molar-refractivity contribution in [1.82, 2.24) is 0 Å². The minimum Gasteiger partial charge on any atom is -0.611 e. The standard InChI is InChI=1S/C22H27BrClNO4S/c1-3-5-19(25-29-11-4-10-24)22-20(26)13-16(14-21(22)27)12-15(2)30(28)18-8-6-17(23)7-9-18/h4,6-10,15-16,22H,3,5,11-14H2,1-2H3/t15?,16-,22-,30?. The molecule has 0 radical (unpaired) electrons. The molecule has 164 valence electrons. The monoisotopic (exact) mass is 515 g/mol. The summed E-state index contributed by atoms with van der Waals surface area (Å²) in [5, 5.41) is 3.90. The van der Waals surface area contributed by atoms with Crippen molar-refractivity contribution >= 4 is 56.0 Å². The fourth-order valence-electron chi connectivity index (χ4n) is 3.65. The summed E-state index contributed by atoms with van der Waals surface area (Å²) in [4.78, 5) is 31.5. The van der Waals surface area contributed by atoms with Gasteiger partial charge in [-0.1, -0.05) is 46.0 Å². The highest BCUT2D eigenvalue weighted by atomic mass is 79.9. The van der Waals surface area contributed by atoms with E-state index in [1.807, 2.05) is 38.1 Å². The molecule has 1 aromatic rings. The smallest absolute Gasteiger partial charge is 0.153 e. The lowest BCUT2D eigenvalue weighted by Gasteiger charge is -2.29. The Bertz CT molecular complexity index is 766. The lowest BCUT2D eigenvalue weighted by Crippen LogP contribution is -2.40. The summed E-state index contributed by atoms with van der Waals surface area (Å²) < 4.78 is 13.7. The second-order valence-electron chi connectivity index (χ2n) is 7.43. The van der Waals surface area contributed by atoms with Crippen LogP contribution in [0.2, 0.25) is 0 Å². The fraction of sp³-hybridized carbons (Fsp3) is 0.500. The van der Waals surface area contributed by atoms with Gasteiger partial charge in [-0.2, -0.15) is 0 Å². The summed E-state index contributed by atoms with van der Waals surface area (Å²) in [6, 6.07) is 7.38. The number of nitrogens with zero attached hydrogens (tertiary/aromatic N) is 1. The second kappa shape index (κ2) is 12.6. The zero-order valence-electron chi connectivity index (χ0n) is 17.2. The molecule has 1 aromatic carbocycles. The first-order valence-electron chi connectivity index (χ1n) is 10.0. The molecule has 1 saturated carbocycles. The highest BCUT2D eigenvalue weighted by Gasteiger charge is 2.40. The van der Waals surface area contributed by atoms with Gasteiger partial charge >= 0.3 is 0 Å². The number of hydrogen-bond donors (Lipinski definition) is 0. The number of Topliss-reactive ketones (excluding diaryl/α,β-unsaturated/α-hetero) is 2. The van der Waals surface area contributed by atoms with Crippen LogP contribution in [0.4, 0.5) is 0 Å². The Labute approximate surface area is 194 Å². The number of benzene rings is 1. The zero-order valence-corrected chi connectivity index (χ0v) is 20.3. The molecule has 2 rings (SSSR count). The van der Waals surface area contributed by atoms with Crippen LogP contribution in [0.3, 0.4) is 0 Å². The predicted octanol–water partition coefficient (Wildman–Crippen LogP) is 5.42. The molecule has 8 heteroatoms. The lowest BCUT2D eigenvalue weighted by molar-refractivity contribution is -0.134. The Morgan fingerprint density at radius 2 is 1.97 bits per heavy atom. The number of ketones is 2. The molecule has 2 unspecified atom stereocenters. The molecule has 2 atom stereocenters. The lowest BCUT2D eigenvalue weighted by atomic mass is 9.75. The van der Waals surface area contributed by atoms with E-state index < -0.39 is 17.1 Å². The number of carbonyl (C=O) groups is 2. The van der Waals surface area contributed by atoms with Crippen molar-refractivity contribution in [3.05, 3.63) is 40.3 Å². The molecular weight excluding hydrogens is 490 g/mol. The van der Waals surface area contributed by atoms with Gasteiger partial charge in [0.25, 0.3) is 0 Å². The van der Waals surface area contributed by atoms with Crippen LogP contribution in [0.5, 0.6) is 0 Å². The molecular formula is C22H27BrClNO4S. The molecule has 0 bridgehead atoms. The number of hydrogen-bond acceptors (Lipinski definition) is 5. The van der Waals surface area contributed by atoms with Crippen molar-refractivity contribution < 1.29 is 19.0 Å². The van der Waals surface area contributed by atoms with Crippen molar-refractivity contribution in [2.75, 3.05) is 6.61 Å². The van der Waals surface area contributed by atoms with Crippen LogP contribution >= 0.6 is 27.5 Å². The Morgan fingerprint density at radius 3 is 2.53 bits per heavy atom. The Kier molecular flexibility index (Phi) is 10.6. The van der Waals surface area contributed by atoms with Gasteiger partial charge in [0.15, 0.2) is 4.90 Å². The van der Waals surface area contributed by atoms with E-state index in [0.717, 1.165) is 15.8 Å². The molecule has 0 N–H and O–H groups in total. The van der Waals surface area contributed by atoms with Crippen LogP contribution in [0.25, 0.3) is 0 Å². The third kappa shape index (κ3) is 7.22. The quantitative estimate of drug-likeness (QED) is 0.137. The third-order valence-corrected chi connectivity index (χ3v) is 7.35. The molecule has 1 fully saturated rings. The number of oxime groups is 1. The van der Waals surface area contributed by atoms with Gasteiger partial charge in [0.1, 0.15) is 29.3 Å². The molecule has 0 saturated heterocycles. The van der Waals surface area contributed by atoms with E-state index in [1.54, 1.807) is 6.08 Å². The number of rotatable bonds is 10. The van der Waals surface area contributed by atoms with Crippen molar-refractivity contribution in [2.45, 2.75) is 56.1 Å². The molecule has 0 spiro atoms. The van der Waals surface area contributed by atoms with Crippen LogP contribution in [0, 0.1) is 11.8 Å². The molecule has 30 heavy (non-hydrogen) atoms. The Hall–Kier alpha value is -1.15. The molecule has 0 aliphatic heterocycles. The van der Waals surface area contributed by atoms with Crippen LogP contribution in [-0.4, -0.2) is 33.7 Å². The average Bonchev–Trinajstić information content (AvgIpc) is 2.70. The highest BCUT2D eigenvalue weighted by Crippen LogP contribution is 2.31. The van der Waals surface area contributed by atoms with Gasteiger partial charge in [0, 0.05) is 22.8 Å². The summed E-state index contributed by atoms with van der Waals surface area (Å²) >= 11 is 7.64. The van der Waals surface area contributed by atoms with Gasteiger partial charge < -0.3 is 9.39 Å². The SMILES string of the molecule is CCCC(=NOCC=CCl)[C@H]1C(=O)C[C@H](CC(C)[S+]([O-])c2ccc(Br)cc2)CC1=O. The number of carbonyl (C=O) groups excluding carboxylic acids is 2. The van der Waals surface area contributed by atoms with Crippen LogP contribution in [0.15, 0.2) is 50.4 Å². The summed E-state index contributed by atoms with van der Waals surface area (Å²) in [6.07, 6.45) is 4.02. The van der Waals surface area contributed by atoms with E-state index in [9.17, 15) is 14.1 Å². The van der Waals surface area contributed by atoms with Crippen molar-refractivity contribution in [3.63, 3.8) is 0 Å². The Morgan fingerprint density at radius 1 is 1.33 bits per heavy atom. The molecule has 0 aromatic heterocycles. The second-order valence-corrected chi connectivity index (χ2v) is 10.5. The van der Waals surface area contributed by atoms with Crippen molar-refractivity contribution in [1.29, 1.82) is 0 Å². The minimum absolute atomic E-state index is 0.0985. The van der Waals surface area contributed by atoms with Gasteiger partial charge in [0.05, 0.1) is 5.71 Å². The van der Waals surface area contributed by atoms with Crippen LogP contribution in [-0.2, 0) is 25.6 Å². The molecule has 1 aliphatic carbocycles. The first-order valence-corrected chi connectivity index (χ1v) is 12.5. The Balaban J connectivity index is 2.01. The molecule has 1 aliphatic rings. The normalized spacial score (nSPS) is 22.4. The van der Waals surface area contributed by atoms with Crippen molar-refractivity contribution in [2.24, 2.45) is 17.0 Å². The topological polar surface area (TPSA) is 78.8 Å². The minimum atomic E-state index is -1.19. The van der Waals surface area contributed by atoms with Crippen LogP contribution < -0.4 is 0 Å². The summed E-state index contributed by atoms with van der Waals surface area (Å²) in [5.74, 6) is -1.17. The molecule has 0 amide bonds. The largest absolute Gasteiger partial charge is 0.611 e. The first-order chi connectivity index (χ1) is 14.4. The maximum Gasteiger partial charge on any atom is 0.153 e. The van der Waals surface area contributed by atoms with Gasteiger partial charge in [-0.3, -0.25) is 9.59 Å². The van der Waals surface area contributed by atoms with E-state index in [-0.39, 0.29) is 29.3 Å². The molecule has 0 heterocycles. The van der Waals surface area contributed by atoms with Crippen LogP contribution in [0.1, 0.15) is 46.0 Å². The van der Waals surface area contributed by atoms with E-state index in [1.165, 1.54) is 5.54 Å². The fourth-order valence-corrected chi connectivity index (χ4v) is 5.30. The van der Waals surface area contributed by atoms with Gasteiger partial charge in [-0.25, -0.2) is 0 Å².